The van der Waals surface area contributed by atoms with Gasteiger partial charge in [-0.3, -0.25) is 4.90 Å². The molecule has 0 aromatic carbocycles. The van der Waals surface area contributed by atoms with Crippen molar-refractivity contribution >= 4 is 11.6 Å². The number of anilines is 2. The lowest BCUT2D eigenvalue weighted by Gasteiger charge is -2.33. The molecular formula is C21H26N6. The highest BCUT2D eigenvalue weighted by atomic mass is 15.2. The minimum Gasteiger partial charge on any atom is -0.337 e. The second-order valence-electron chi connectivity index (χ2n) is 7.34. The van der Waals surface area contributed by atoms with E-state index < -0.39 is 0 Å². The van der Waals surface area contributed by atoms with Crippen molar-refractivity contribution < 1.29 is 0 Å². The Bertz CT molecular complexity index is 903. The van der Waals surface area contributed by atoms with E-state index in [1.54, 1.807) is 6.20 Å². The second-order valence-corrected chi connectivity index (χ2v) is 7.34. The van der Waals surface area contributed by atoms with Gasteiger partial charge in [-0.2, -0.15) is 0 Å². The minimum absolute atomic E-state index is 0.528. The van der Waals surface area contributed by atoms with Gasteiger partial charge in [-0.15, -0.1) is 0 Å². The number of nitrogens with zero attached hydrogens (tertiary/aromatic N) is 5. The van der Waals surface area contributed by atoms with E-state index in [0.29, 0.717) is 5.92 Å². The van der Waals surface area contributed by atoms with Gasteiger partial charge in [0.2, 0.25) is 0 Å². The number of aromatic nitrogens is 4. The molecule has 0 saturated carbocycles. The van der Waals surface area contributed by atoms with E-state index in [1.165, 1.54) is 24.1 Å². The summed E-state index contributed by atoms with van der Waals surface area (Å²) in [6.07, 6.45) is 9.97. The molecule has 1 aliphatic heterocycles. The maximum absolute atomic E-state index is 4.49. The normalized spacial score (nSPS) is 17.8. The van der Waals surface area contributed by atoms with Crippen molar-refractivity contribution in [2.24, 2.45) is 7.05 Å². The lowest BCUT2D eigenvalue weighted by Crippen LogP contribution is -2.34. The van der Waals surface area contributed by atoms with Crippen molar-refractivity contribution in [2.45, 2.75) is 32.2 Å². The van der Waals surface area contributed by atoms with Crippen LogP contribution in [0.3, 0.4) is 0 Å². The lowest BCUT2D eigenvalue weighted by molar-refractivity contribution is 0.196. The monoisotopic (exact) mass is 362 g/mol. The van der Waals surface area contributed by atoms with E-state index in [2.05, 4.69) is 61.9 Å². The molecule has 6 heteroatoms. The van der Waals surface area contributed by atoms with Gasteiger partial charge < -0.3 is 9.88 Å². The molecule has 1 saturated heterocycles. The van der Waals surface area contributed by atoms with E-state index in [9.17, 15) is 0 Å². The Balaban J connectivity index is 1.46. The minimum atomic E-state index is 0.528. The summed E-state index contributed by atoms with van der Waals surface area (Å²) in [5.74, 6) is 2.25. The number of hydrogen-bond donors (Lipinski definition) is 1. The number of rotatable bonds is 5. The summed E-state index contributed by atoms with van der Waals surface area (Å²) in [6.45, 7) is 5.22. The van der Waals surface area contributed by atoms with Crippen LogP contribution in [-0.4, -0.2) is 37.5 Å². The topological polar surface area (TPSA) is 58.9 Å². The maximum Gasteiger partial charge on any atom is 0.134 e. The first-order chi connectivity index (χ1) is 13.2. The predicted molar refractivity (Wildman–Crippen MR) is 107 cm³/mol. The standard InChI is InChI=1S/C21H26N6/c1-16-5-3-8-24-21(16)25-20-11-17(7-9-23-20)18-6-4-10-27(13-18)14-19-12-22-15-26(19)2/h3,5,7-9,11-12,15,18H,4,6,10,13-14H2,1-2H3,(H,23,24,25). The summed E-state index contributed by atoms with van der Waals surface area (Å²) in [4.78, 5) is 15.7. The molecule has 0 amide bonds. The zero-order valence-electron chi connectivity index (χ0n) is 16.0. The van der Waals surface area contributed by atoms with E-state index in [0.717, 1.165) is 36.8 Å². The Morgan fingerprint density at radius 2 is 2.15 bits per heavy atom. The summed E-state index contributed by atoms with van der Waals surface area (Å²) in [7, 11) is 2.06. The molecule has 1 fully saturated rings. The molecule has 4 rings (SSSR count). The van der Waals surface area contributed by atoms with Crippen LogP contribution in [0.2, 0.25) is 0 Å². The predicted octanol–water partition coefficient (Wildman–Crippen LogP) is 3.64. The Morgan fingerprint density at radius 3 is 2.96 bits per heavy atom. The van der Waals surface area contributed by atoms with Crippen LogP contribution in [0.25, 0.3) is 0 Å². The van der Waals surface area contributed by atoms with Crippen LogP contribution in [-0.2, 0) is 13.6 Å². The van der Waals surface area contributed by atoms with Crippen LogP contribution in [0.5, 0.6) is 0 Å². The SMILES string of the molecule is Cc1cccnc1Nc1cc(C2CCCN(Cc3cncn3C)C2)ccn1. The van der Waals surface area contributed by atoms with Gasteiger partial charge in [-0.1, -0.05) is 6.07 Å². The number of hydrogen-bond acceptors (Lipinski definition) is 5. The molecule has 3 aromatic rings. The fraction of sp³-hybridized carbons (Fsp3) is 0.381. The summed E-state index contributed by atoms with van der Waals surface area (Å²) >= 11 is 0. The second kappa shape index (κ2) is 7.88. The van der Waals surface area contributed by atoms with E-state index in [4.69, 9.17) is 0 Å². The Kier molecular flexibility index (Phi) is 5.16. The average Bonchev–Trinajstić information content (AvgIpc) is 3.09. The van der Waals surface area contributed by atoms with E-state index in [-0.39, 0.29) is 0 Å². The molecule has 1 atom stereocenters. The molecule has 1 aliphatic rings. The molecule has 0 radical (unpaired) electrons. The number of likely N-dealkylation sites (tertiary alicyclic amines) is 1. The first-order valence-electron chi connectivity index (χ1n) is 9.51. The van der Waals surface area contributed by atoms with Crippen LogP contribution in [0.4, 0.5) is 11.6 Å². The molecule has 140 valence electrons. The van der Waals surface area contributed by atoms with Crippen molar-refractivity contribution in [1.29, 1.82) is 0 Å². The van der Waals surface area contributed by atoms with Crippen LogP contribution in [0.1, 0.15) is 35.6 Å². The number of piperidine rings is 1. The Labute approximate surface area is 160 Å². The quantitative estimate of drug-likeness (QED) is 0.751. The number of nitrogens with one attached hydrogen (secondary N) is 1. The van der Waals surface area contributed by atoms with Crippen molar-refractivity contribution in [2.75, 3.05) is 18.4 Å². The van der Waals surface area contributed by atoms with Crippen molar-refractivity contribution in [3.8, 4) is 0 Å². The number of pyridine rings is 2. The molecule has 27 heavy (non-hydrogen) atoms. The summed E-state index contributed by atoms with van der Waals surface area (Å²) in [5, 5.41) is 3.36. The van der Waals surface area contributed by atoms with Gasteiger partial charge in [0.15, 0.2) is 0 Å². The fourth-order valence-corrected chi connectivity index (χ4v) is 3.74. The molecule has 4 heterocycles. The van der Waals surface area contributed by atoms with Gasteiger partial charge in [0.05, 0.1) is 12.0 Å². The summed E-state index contributed by atoms with van der Waals surface area (Å²) in [5.41, 5.74) is 3.72. The molecule has 1 N–H and O–H groups in total. The fourth-order valence-electron chi connectivity index (χ4n) is 3.74. The van der Waals surface area contributed by atoms with E-state index in [1.807, 2.05) is 24.8 Å². The zero-order chi connectivity index (χ0) is 18.6. The van der Waals surface area contributed by atoms with Gasteiger partial charge in [-0.05, 0) is 61.6 Å². The first kappa shape index (κ1) is 17.7. The van der Waals surface area contributed by atoms with Gasteiger partial charge in [-0.25, -0.2) is 15.0 Å². The molecule has 3 aromatic heterocycles. The highest BCUT2D eigenvalue weighted by Gasteiger charge is 2.22. The van der Waals surface area contributed by atoms with Crippen LogP contribution < -0.4 is 5.32 Å². The molecule has 0 aliphatic carbocycles. The molecular weight excluding hydrogens is 336 g/mol. The molecule has 0 spiro atoms. The van der Waals surface area contributed by atoms with Crippen LogP contribution >= 0.6 is 0 Å². The van der Waals surface area contributed by atoms with Crippen LogP contribution in [0, 0.1) is 6.92 Å². The van der Waals surface area contributed by atoms with E-state index >= 15 is 0 Å². The largest absolute Gasteiger partial charge is 0.337 e. The van der Waals surface area contributed by atoms with Crippen molar-refractivity contribution in [3.05, 3.63) is 66.0 Å². The third-order valence-electron chi connectivity index (χ3n) is 5.32. The Morgan fingerprint density at radius 1 is 1.22 bits per heavy atom. The maximum atomic E-state index is 4.49. The summed E-state index contributed by atoms with van der Waals surface area (Å²) in [6, 6.07) is 8.32. The van der Waals surface area contributed by atoms with Crippen molar-refractivity contribution in [3.63, 3.8) is 0 Å². The summed E-state index contributed by atoms with van der Waals surface area (Å²) < 4.78 is 2.10. The van der Waals surface area contributed by atoms with Gasteiger partial charge >= 0.3 is 0 Å². The van der Waals surface area contributed by atoms with Gasteiger partial charge in [0.25, 0.3) is 0 Å². The van der Waals surface area contributed by atoms with Crippen molar-refractivity contribution in [1.82, 2.24) is 24.4 Å². The Hall–Kier alpha value is -2.73. The highest BCUT2D eigenvalue weighted by Crippen LogP contribution is 2.29. The lowest BCUT2D eigenvalue weighted by atomic mass is 9.91. The van der Waals surface area contributed by atoms with Crippen LogP contribution in [0.15, 0.2) is 49.2 Å². The highest BCUT2D eigenvalue weighted by molar-refractivity contribution is 5.56. The van der Waals surface area contributed by atoms with Gasteiger partial charge in [0.1, 0.15) is 11.6 Å². The average molecular weight is 362 g/mol. The van der Waals surface area contributed by atoms with Gasteiger partial charge in [0, 0.05) is 38.7 Å². The third kappa shape index (κ3) is 4.17. The number of aryl methyl sites for hydroxylation is 2. The molecule has 0 bridgehead atoms. The smallest absolute Gasteiger partial charge is 0.134 e. The number of imidazole rings is 1. The zero-order valence-corrected chi connectivity index (χ0v) is 16.0. The third-order valence-corrected chi connectivity index (χ3v) is 5.32. The molecule has 1 unspecified atom stereocenters. The first-order valence-corrected chi connectivity index (χ1v) is 9.51. The molecule has 6 nitrogen and oxygen atoms in total.